The van der Waals surface area contributed by atoms with Crippen molar-refractivity contribution in [1.29, 1.82) is 0 Å². The number of methoxy groups -OCH3 is 1. The van der Waals surface area contributed by atoms with E-state index in [1.807, 2.05) is 31.2 Å². The van der Waals surface area contributed by atoms with Gasteiger partial charge in [-0.05, 0) is 13.0 Å². The lowest BCUT2D eigenvalue weighted by atomic mass is 10.1. The van der Waals surface area contributed by atoms with Crippen LogP contribution in [0.1, 0.15) is 18.5 Å². The molecular weight excluding hydrogens is 259 g/mol. The number of halogens is 3. The molecule has 108 valence electrons. The highest BCUT2D eigenvalue weighted by Crippen LogP contribution is 2.24. The zero-order valence-electron chi connectivity index (χ0n) is 11.0. The molecule has 1 aromatic carbocycles. The second-order valence-corrected chi connectivity index (χ2v) is 4.09. The van der Waals surface area contributed by atoms with Crippen LogP contribution in [-0.2, 0) is 4.74 Å². The third kappa shape index (κ3) is 5.94. The summed E-state index contributed by atoms with van der Waals surface area (Å²) >= 11 is 0. The first-order chi connectivity index (χ1) is 8.94. The van der Waals surface area contributed by atoms with E-state index >= 15 is 0 Å². The van der Waals surface area contributed by atoms with Crippen molar-refractivity contribution < 1.29 is 22.6 Å². The predicted molar refractivity (Wildman–Crippen MR) is 66.3 cm³/mol. The molecule has 0 amide bonds. The smallest absolute Gasteiger partial charge is 0.411 e. The Morgan fingerprint density at radius 3 is 2.58 bits per heavy atom. The molecule has 0 saturated carbocycles. The van der Waals surface area contributed by atoms with E-state index in [0.29, 0.717) is 6.54 Å². The van der Waals surface area contributed by atoms with Crippen LogP contribution in [-0.4, -0.2) is 33.0 Å². The Hall–Kier alpha value is -1.27. The molecule has 0 aliphatic carbocycles. The summed E-state index contributed by atoms with van der Waals surface area (Å²) in [6, 6.07) is 7.48. The Morgan fingerprint density at radius 1 is 1.26 bits per heavy atom. The number of nitrogens with one attached hydrogen (secondary N) is 1. The summed E-state index contributed by atoms with van der Waals surface area (Å²) < 4.78 is 45.3. The maximum absolute atomic E-state index is 11.8. The second kappa shape index (κ2) is 7.35. The highest BCUT2D eigenvalue weighted by molar-refractivity contribution is 5.35. The molecule has 1 N–H and O–H groups in total. The first kappa shape index (κ1) is 15.8. The zero-order valence-corrected chi connectivity index (χ0v) is 11.0. The van der Waals surface area contributed by atoms with Gasteiger partial charge in [0.2, 0.25) is 0 Å². The molecule has 6 heteroatoms. The molecule has 1 rings (SSSR count). The second-order valence-electron chi connectivity index (χ2n) is 4.09. The van der Waals surface area contributed by atoms with Gasteiger partial charge < -0.3 is 14.8 Å². The summed E-state index contributed by atoms with van der Waals surface area (Å²) in [6.07, 6.45) is -4.27. The lowest BCUT2D eigenvalue weighted by molar-refractivity contribution is -0.173. The topological polar surface area (TPSA) is 30.5 Å². The molecule has 1 aromatic rings. The van der Waals surface area contributed by atoms with Crippen molar-refractivity contribution in [3.05, 3.63) is 29.8 Å². The van der Waals surface area contributed by atoms with Gasteiger partial charge >= 0.3 is 6.18 Å². The molecule has 19 heavy (non-hydrogen) atoms. The summed E-state index contributed by atoms with van der Waals surface area (Å²) in [4.78, 5) is 0. The molecule has 1 atom stereocenters. The van der Waals surface area contributed by atoms with E-state index < -0.39 is 12.8 Å². The van der Waals surface area contributed by atoms with Crippen molar-refractivity contribution in [2.24, 2.45) is 0 Å². The molecule has 0 aliphatic rings. The van der Waals surface area contributed by atoms with Crippen molar-refractivity contribution in [3.63, 3.8) is 0 Å². The monoisotopic (exact) mass is 277 g/mol. The van der Waals surface area contributed by atoms with E-state index in [9.17, 15) is 13.2 Å². The van der Waals surface area contributed by atoms with Crippen LogP contribution >= 0.6 is 0 Å². The first-order valence-corrected chi connectivity index (χ1v) is 5.95. The number of hydrogen-bond donors (Lipinski definition) is 1. The third-order valence-corrected chi connectivity index (χ3v) is 2.57. The van der Waals surface area contributed by atoms with Crippen molar-refractivity contribution in [1.82, 2.24) is 5.32 Å². The van der Waals surface area contributed by atoms with Gasteiger partial charge in [-0.3, -0.25) is 0 Å². The summed E-state index contributed by atoms with van der Waals surface area (Å²) in [5.74, 6) is 0.749. The lowest BCUT2D eigenvalue weighted by Gasteiger charge is -2.17. The predicted octanol–water partition coefficient (Wildman–Crippen LogP) is 2.92. The summed E-state index contributed by atoms with van der Waals surface area (Å²) in [7, 11) is 1.58. The Morgan fingerprint density at radius 2 is 1.95 bits per heavy atom. The summed E-state index contributed by atoms with van der Waals surface area (Å²) in [6.45, 7) is 1.06. The van der Waals surface area contributed by atoms with Crippen LogP contribution < -0.4 is 10.1 Å². The number of alkyl halides is 3. The number of hydrogen-bond acceptors (Lipinski definition) is 3. The SMILES string of the molecule is COc1ccccc1[C@H](C)NCCOCC(F)(F)F. The standard InChI is InChI=1S/C13H18F3NO2/c1-10(11-5-3-4-6-12(11)18-2)17-7-8-19-9-13(14,15)16/h3-6,10,17H,7-9H2,1-2H3/t10-/m0/s1. The molecule has 0 radical (unpaired) electrons. The summed E-state index contributed by atoms with van der Waals surface area (Å²) in [5.41, 5.74) is 0.959. The number of rotatable bonds is 7. The van der Waals surface area contributed by atoms with E-state index in [-0.39, 0.29) is 12.6 Å². The Bertz CT molecular complexity index is 382. The van der Waals surface area contributed by atoms with Crippen LogP contribution in [0.2, 0.25) is 0 Å². The van der Waals surface area contributed by atoms with Crippen molar-refractivity contribution in [2.75, 3.05) is 26.9 Å². The van der Waals surface area contributed by atoms with Crippen LogP contribution in [0.25, 0.3) is 0 Å². The Kier molecular flexibility index (Phi) is 6.11. The van der Waals surface area contributed by atoms with Crippen LogP contribution in [0.15, 0.2) is 24.3 Å². The minimum Gasteiger partial charge on any atom is -0.496 e. The Balaban J connectivity index is 2.33. The third-order valence-electron chi connectivity index (χ3n) is 2.57. The minimum atomic E-state index is -4.27. The van der Waals surface area contributed by atoms with Crippen LogP contribution in [0.4, 0.5) is 13.2 Å². The van der Waals surface area contributed by atoms with Gasteiger partial charge in [-0.25, -0.2) is 0 Å². The number of benzene rings is 1. The number of para-hydroxylation sites is 1. The fourth-order valence-electron chi connectivity index (χ4n) is 1.67. The van der Waals surface area contributed by atoms with Gasteiger partial charge in [-0.2, -0.15) is 13.2 Å². The minimum absolute atomic E-state index is 0.0129. The molecule has 0 fully saturated rings. The number of ether oxygens (including phenoxy) is 2. The molecule has 0 spiro atoms. The van der Waals surface area contributed by atoms with Crippen LogP contribution in [0, 0.1) is 0 Å². The van der Waals surface area contributed by atoms with Gasteiger partial charge in [0.1, 0.15) is 12.4 Å². The van der Waals surface area contributed by atoms with Crippen molar-refractivity contribution >= 4 is 0 Å². The lowest BCUT2D eigenvalue weighted by Crippen LogP contribution is -2.26. The van der Waals surface area contributed by atoms with E-state index in [0.717, 1.165) is 11.3 Å². The van der Waals surface area contributed by atoms with Crippen LogP contribution in [0.3, 0.4) is 0 Å². The van der Waals surface area contributed by atoms with Crippen molar-refractivity contribution in [2.45, 2.75) is 19.1 Å². The molecule has 0 aromatic heterocycles. The van der Waals surface area contributed by atoms with Crippen LogP contribution in [0.5, 0.6) is 5.75 Å². The molecule has 0 unspecified atom stereocenters. The van der Waals surface area contributed by atoms with E-state index in [2.05, 4.69) is 10.1 Å². The first-order valence-electron chi connectivity index (χ1n) is 5.95. The van der Waals surface area contributed by atoms with E-state index in [4.69, 9.17) is 4.74 Å². The zero-order chi connectivity index (χ0) is 14.3. The highest BCUT2D eigenvalue weighted by atomic mass is 19.4. The van der Waals surface area contributed by atoms with Gasteiger partial charge in [0, 0.05) is 18.2 Å². The van der Waals surface area contributed by atoms with Gasteiger partial charge in [0.15, 0.2) is 0 Å². The Labute approximate surface area is 110 Å². The van der Waals surface area contributed by atoms with Gasteiger partial charge in [0.05, 0.1) is 13.7 Å². The summed E-state index contributed by atoms with van der Waals surface area (Å²) in [5, 5.41) is 3.09. The van der Waals surface area contributed by atoms with Gasteiger partial charge in [0.25, 0.3) is 0 Å². The molecular formula is C13H18F3NO2. The average Bonchev–Trinajstić information content (AvgIpc) is 2.36. The average molecular weight is 277 g/mol. The molecule has 0 heterocycles. The molecule has 0 saturated heterocycles. The normalized spacial score (nSPS) is 13.3. The maximum atomic E-state index is 11.8. The quantitative estimate of drug-likeness (QED) is 0.777. The maximum Gasteiger partial charge on any atom is 0.411 e. The van der Waals surface area contributed by atoms with Gasteiger partial charge in [-0.1, -0.05) is 18.2 Å². The van der Waals surface area contributed by atoms with E-state index in [1.54, 1.807) is 7.11 Å². The largest absolute Gasteiger partial charge is 0.496 e. The fraction of sp³-hybridized carbons (Fsp3) is 0.538. The van der Waals surface area contributed by atoms with Crippen molar-refractivity contribution in [3.8, 4) is 5.75 Å². The molecule has 0 aliphatic heterocycles. The van der Waals surface area contributed by atoms with Gasteiger partial charge in [-0.15, -0.1) is 0 Å². The fourth-order valence-corrected chi connectivity index (χ4v) is 1.67. The molecule has 0 bridgehead atoms. The molecule has 3 nitrogen and oxygen atoms in total. The van der Waals surface area contributed by atoms with E-state index in [1.165, 1.54) is 0 Å². The highest BCUT2D eigenvalue weighted by Gasteiger charge is 2.27.